The van der Waals surface area contributed by atoms with Crippen molar-refractivity contribution >= 4 is 0 Å². The Labute approximate surface area is 539 Å². The molecule has 94 heavy (non-hydrogen) atoms. The number of aryl methyl sites for hydroxylation is 1. The van der Waals surface area contributed by atoms with Crippen molar-refractivity contribution in [3.63, 3.8) is 0 Å². The fourth-order valence-corrected chi connectivity index (χ4v) is 11.8. The van der Waals surface area contributed by atoms with Crippen molar-refractivity contribution in [2.24, 2.45) is 0 Å². The van der Waals surface area contributed by atoms with E-state index in [1.807, 2.05) is 177 Å². The topological polar surface area (TPSA) is 178 Å². The minimum absolute atomic E-state index is 0.0927. The minimum Gasteiger partial charge on any atom is -0.466 e. The van der Waals surface area contributed by atoms with E-state index in [0.717, 1.165) is 79.1 Å². The summed E-state index contributed by atoms with van der Waals surface area (Å²) >= 11 is 0. The highest BCUT2D eigenvalue weighted by Gasteiger charge is 2.28. The van der Waals surface area contributed by atoms with Crippen LogP contribution in [0.5, 0.6) is 0 Å². The van der Waals surface area contributed by atoms with Crippen LogP contribution in [0.25, 0.3) is 51.2 Å². The molecule has 0 unspecified atom stereocenters. The van der Waals surface area contributed by atoms with Crippen LogP contribution in [0.15, 0.2) is 266 Å². The average Bonchev–Trinajstić information content (AvgIpc) is 1.61. The van der Waals surface area contributed by atoms with Crippen LogP contribution < -0.4 is 16.7 Å². The zero-order valence-electron chi connectivity index (χ0n) is 51.3. The molecule has 16 heteroatoms. The van der Waals surface area contributed by atoms with Gasteiger partial charge in [-0.25, -0.2) is 23.7 Å². The van der Waals surface area contributed by atoms with Gasteiger partial charge in [0.15, 0.2) is 17.5 Å². The first-order chi connectivity index (χ1) is 46.0. The molecule has 0 bridgehead atoms. The number of benzene rings is 7. The van der Waals surface area contributed by atoms with Crippen LogP contribution in [0.4, 0.5) is 8.78 Å². The maximum absolute atomic E-state index is 14.5. The number of H-pyrrole nitrogens is 3. The van der Waals surface area contributed by atoms with Crippen LogP contribution in [0.2, 0.25) is 0 Å². The summed E-state index contributed by atoms with van der Waals surface area (Å²) in [7, 11) is 0. The summed E-state index contributed by atoms with van der Waals surface area (Å²) in [4.78, 5) is 64.1. The van der Waals surface area contributed by atoms with E-state index in [1.165, 1.54) is 35.6 Å². The lowest BCUT2D eigenvalue weighted by molar-refractivity contribution is 0.473. The number of aromatic nitrogens is 9. The number of imidazole rings is 3. The molecule has 14 nitrogen and oxygen atoms in total. The Hall–Kier alpha value is -11.8. The van der Waals surface area contributed by atoms with Crippen molar-refractivity contribution in [1.29, 1.82) is 0 Å². The molecule has 8 heterocycles. The van der Waals surface area contributed by atoms with Gasteiger partial charge in [-0.05, 0) is 102 Å². The Bertz CT molecular complexity index is 5150. The van der Waals surface area contributed by atoms with Crippen LogP contribution in [-0.2, 0) is 38.5 Å². The van der Waals surface area contributed by atoms with Gasteiger partial charge in [-0.3, -0.25) is 28.1 Å². The van der Waals surface area contributed by atoms with E-state index in [0.29, 0.717) is 89.6 Å². The monoisotopic (exact) mass is 1240 g/mol. The van der Waals surface area contributed by atoms with Gasteiger partial charge in [-0.2, -0.15) is 0 Å². The molecule has 7 aliphatic rings. The molecule has 0 saturated heterocycles. The Balaban J connectivity index is 0.000000122. The molecule has 3 N–H and O–H groups in total. The van der Waals surface area contributed by atoms with E-state index in [4.69, 9.17) is 13.8 Å². The second kappa shape index (κ2) is 26.6. The van der Waals surface area contributed by atoms with Crippen molar-refractivity contribution < 1.29 is 17.6 Å². The summed E-state index contributed by atoms with van der Waals surface area (Å²) in [6.45, 7) is 1.86. The summed E-state index contributed by atoms with van der Waals surface area (Å²) < 4.78 is 44.5. The van der Waals surface area contributed by atoms with Gasteiger partial charge in [0.05, 0.1) is 47.0 Å². The standard InChI is InChI=1S/C27H23N3O2.C26H20FN3O.C25H20FN3O2/c31-27-23(16-21-13-14-25(32-21)20-11-12-20)29-26-22(15-18-7-3-1-4-8-18)28-24(17-30(26)27)19-9-5-2-6-10-19;27-21-13-7-10-19(14-21)16-23-26(31)30-17-24(20-11-5-2-6-12-20)28-22(25(30)29-23)15-18-8-3-1-4-9-18;1-16-11-12-18(31-16)14-22-25(30)29-15-23(19-9-5-6-10-20(19)26)27-21(24(29)28-22)13-17-7-3-2-4-8-17/h1-10,13-14,17,20,28H,11-12,15-16H2;1-14,17,28H,15-16H2;2-12,15,27H,13-14H2,1H3. The van der Waals surface area contributed by atoms with Crippen molar-refractivity contribution in [2.45, 2.75) is 64.2 Å². The van der Waals surface area contributed by atoms with E-state index in [1.54, 1.807) is 51.9 Å². The molecular formula is C78H63F2N9O5. The normalized spacial score (nSPS) is 12.0. The average molecular weight is 1240 g/mol. The maximum atomic E-state index is 14.5. The number of furan rings is 2. The number of hydrogen-bond acceptors (Lipinski definition) is 8. The fraction of sp³-hybridized carbons (Fsp3) is 0.128. The molecule has 2 aromatic heterocycles. The van der Waals surface area contributed by atoms with Crippen molar-refractivity contribution in [2.75, 3.05) is 0 Å². The van der Waals surface area contributed by atoms with Crippen molar-refractivity contribution in [3.8, 4) is 51.2 Å². The molecule has 0 atom stereocenters. The summed E-state index contributed by atoms with van der Waals surface area (Å²) in [5.74, 6) is 4.96. The fourth-order valence-electron chi connectivity index (χ4n) is 11.8. The van der Waals surface area contributed by atoms with Crippen LogP contribution in [-0.4, -0.2) is 43.6 Å². The third-order valence-electron chi connectivity index (χ3n) is 16.7. The van der Waals surface area contributed by atoms with Gasteiger partial charge < -0.3 is 23.8 Å². The molecule has 0 spiro atoms. The first kappa shape index (κ1) is 59.8. The Morgan fingerprint density at radius 1 is 0.415 bits per heavy atom. The van der Waals surface area contributed by atoms with Crippen LogP contribution >= 0.6 is 0 Å². The molecule has 464 valence electrons. The largest absolute Gasteiger partial charge is 0.466 e. The van der Waals surface area contributed by atoms with Crippen LogP contribution in [0, 0.1) is 18.6 Å². The highest BCUT2D eigenvalue weighted by atomic mass is 19.1. The zero-order valence-corrected chi connectivity index (χ0v) is 51.3. The molecule has 16 rings (SSSR count). The third kappa shape index (κ3) is 13.3. The maximum Gasteiger partial charge on any atom is 0.278 e. The number of nitrogens with one attached hydrogen (secondary N) is 3. The molecule has 0 amide bonds. The lowest BCUT2D eigenvalue weighted by atomic mass is 10.1. The van der Waals surface area contributed by atoms with Crippen LogP contribution in [0.1, 0.15) is 98.2 Å². The second-order valence-electron chi connectivity index (χ2n) is 23.6. The van der Waals surface area contributed by atoms with Gasteiger partial charge in [0.2, 0.25) is 0 Å². The van der Waals surface area contributed by atoms with Crippen molar-refractivity contribution in [1.82, 2.24) is 43.6 Å². The summed E-state index contributed by atoms with van der Waals surface area (Å²) in [6, 6.07) is 70.6. The first-order valence-corrected chi connectivity index (χ1v) is 31.3. The summed E-state index contributed by atoms with van der Waals surface area (Å²) in [5.41, 5.74) is 12.0. The van der Waals surface area contributed by atoms with E-state index >= 15 is 0 Å². The molecule has 7 aromatic carbocycles. The Morgan fingerprint density at radius 3 is 1.27 bits per heavy atom. The Kier molecular flexibility index (Phi) is 16.9. The molecule has 1 saturated carbocycles. The van der Waals surface area contributed by atoms with Crippen LogP contribution in [0.3, 0.4) is 0 Å². The smallest absolute Gasteiger partial charge is 0.278 e. The van der Waals surface area contributed by atoms with Gasteiger partial charge >= 0.3 is 0 Å². The first-order valence-electron chi connectivity index (χ1n) is 31.3. The summed E-state index contributed by atoms with van der Waals surface area (Å²) in [6.07, 6.45) is 10.4. The van der Waals surface area contributed by atoms with Gasteiger partial charge in [-0.15, -0.1) is 0 Å². The lowest BCUT2D eigenvalue weighted by Crippen LogP contribution is -2.18. The predicted molar refractivity (Wildman–Crippen MR) is 359 cm³/mol. The predicted octanol–water partition coefficient (Wildman–Crippen LogP) is 15.2. The van der Waals surface area contributed by atoms with Gasteiger partial charge in [0.1, 0.15) is 51.8 Å². The molecule has 0 radical (unpaired) electrons. The zero-order chi connectivity index (χ0) is 64.1. The van der Waals surface area contributed by atoms with E-state index < -0.39 is 0 Å². The molecule has 9 aromatic rings. The Morgan fingerprint density at radius 2 is 0.819 bits per heavy atom. The number of nitrogens with zero attached hydrogens (tertiary/aromatic N) is 6. The SMILES string of the molecule is Cc1ccc(Cc2nc3c(Cc4ccccc4)[nH]c(-c4ccccc4F)cn-3c2=O)o1.O=c1c(Cc2ccc(C3CC3)o2)nc2c(Cc3ccccc3)[nH]c(-c3ccccc3)cn1-2.O=c1c(Cc2cccc(F)c2)nc2c(Cc3ccccc3)[nH]c(-c3ccccc3)cn1-2. The van der Waals surface area contributed by atoms with E-state index in [-0.39, 0.29) is 34.7 Å². The van der Waals surface area contributed by atoms with Crippen molar-refractivity contribution in [3.05, 3.63) is 365 Å². The number of hydrogen-bond donors (Lipinski definition) is 3. The van der Waals surface area contributed by atoms with Gasteiger partial charge in [0, 0.05) is 55.8 Å². The number of halogens is 2. The van der Waals surface area contributed by atoms with Gasteiger partial charge in [0.25, 0.3) is 16.7 Å². The highest BCUT2D eigenvalue weighted by molar-refractivity contribution is 5.63. The second-order valence-corrected chi connectivity index (χ2v) is 23.6. The van der Waals surface area contributed by atoms with Gasteiger partial charge in [-0.1, -0.05) is 176 Å². The minimum atomic E-state index is -0.359. The number of rotatable bonds is 16. The quantitative estimate of drug-likeness (QED) is 0.0855. The van der Waals surface area contributed by atoms with E-state index in [2.05, 4.69) is 37.1 Å². The third-order valence-corrected chi connectivity index (χ3v) is 16.7. The lowest BCUT2D eigenvalue weighted by Gasteiger charge is -2.13. The summed E-state index contributed by atoms with van der Waals surface area (Å²) in [5, 5.41) is 0. The molecular weight excluding hydrogens is 1180 g/mol. The number of fused-ring (bicyclic) bond motifs is 3. The van der Waals surface area contributed by atoms with E-state index in [9.17, 15) is 23.2 Å². The molecule has 6 aliphatic heterocycles. The number of aromatic amines is 3. The molecule has 1 fully saturated rings. The molecule has 1 aliphatic carbocycles. The highest BCUT2D eigenvalue weighted by Crippen LogP contribution is 2.41.